The highest BCUT2D eigenvalue weighted by Gasteiger charge is 2.11. The molecule has 0 atom stereocenters. The second kappa shape index (κ2) is 5.57. The molecule has 4 nitrogen and oxygen atoms in total. The zero-order valence-electron chi connectivity index (χ0n) is 9.45. The van der Waals surface area contributed by atoms with Crippen LogP contribution in [0.1, 0.15) is 17.9 Å². The van der Waals surface area contributed by atoms with Gasteiger partial charge in [-0.1, -0.05) is 11.6 Å². The lowest BCUT2D eigenvalue weighted by atomic mass is 10.3. The van der Waals surface area contributed by atoms with Gasteiger partial charge in [-0.05, 0) is 19.4 Å². The predicted molar refractivity (Wildman–Crippen MR) is 62.5 cm³/mol. The summed E-state index contributed by atoms with van der Waals surface area (Å²) in [5.41, 5.74) is 0.918. The summed E-state index contributed by atoms with van der Waals surface area (Å²) >= 11 is 5.91. The first-order valence-corrected chi connectivity index (χ1v) is 5.92. The number of aromatic nitrogens is 2. The second-order valence-corrected chi connectivity index (χ2v) is 4.38. The highest BCUT2D eigenvalue weighted by molar-refractivity contribution is 6.29. The largest absolute Gasteiger partial charge is 0.380 e. The summed E-state index contributed by atoms with van der Waals surface area (Å²) in [7, 11) is 0. The van der Waals surface area contributed by atoms with Crippen LogP contribution in [0.25, 0.3) is 0 Å². The Hall–Kier alpha value is -0.710. The van der Waals surface area contributed by atoms with Crippen molar-refractivity contribution in [3.05, 3.63) is 22.7 Å². The van der Waals surface area contributed by atoms with E-state index in [-0.39, 0.29) is 0 Å². The van der Waals surface area contributed by atoms with Crippen LogP contribution >= 0.6 is 11.6 Å². The summed E-state index contributed by atoms with van der Waals surface area (Å²) in [6.07, 6.45) is 1.07. The lowest BCUT2D eigenvalue weighted by Crippen LogP contribution is -2.27. The minimum Gasteiger partial charge on any atom is -0.380 e. The van der Waals surface area contributed by atoms with Gasteiger partial charge in [0.05, 0.1) is 13.2 Å². The van der Waals surface area contributed by atoms with Gasteiger partial charge >= 0.3 is 0 Å². The van der Waals surface area contributed by atoms with Gasteiger partial charge in [-0.25, -0.2) is 9.97 Å². The topological polar surface area (TPSA) is 38.2 Å². The summed E-state index contributed by atoms with van der Waals surface area (Å²) in [6, 6.07) is 1.77. The van der Waals surface area contributed by atoms with E-state index in [9.17, 15) is 0 Å². The van der Waals surface area contributed by atoms with E-state index in [0.717, 1.165) is 50.8 Å². The van der Waals surface area contributed by atoms with Crippen LogP contribution in [0.5, 0.6) is 0 Å². The summed E-state index contributed by atoms with van der Waals surface area (Å²) in [5.74, 6) is 0.798. The maximum atomic E-state index is 5.91. The molecule has 1 saturated heterocycles. The molecular formula is C11H16ClN3O. The molecule has 1 aliphatic rings. The monoisotopic (exact) mass is 241 g/mol. The molecule has 2 rings (SSSR count). The van der Waals surface area contributed by atoms with Gasteiger partial charge in [-0.3, -0.25) is 4.90 Å². The van der Waals surface area contributed by atoms with Gasteiger partial charge in [-0.2, -0.15) is 0 Å². The lowest BCUT2D eigenvalue weighted by molar-refractivity contribution is 0.140. The maximum Gasteiger partial charge on any atom is 0.144 e. The Kier molecular flexibility index (Phi) is 4.09. The predicted octanol–water partition coefficient (Wildman–Crippen LogP) is 1.66. The van der Waals surface area contributed by atoms with Crippen LogP contribution in [0.3, 0.4) is 0 Å². The quantitative estimate of drug-likeness (QED) is 0.739. The summed E-state index contributed by atoms with van der Waals surface area (Å²) in [4.78, 5) is 10.9. The molecule has 88 valence electrons. The molecule has 0 aromatic carbocycles. The van der Waals surface area contributed by atoms with Gasteiger partial charge in [0.2, 0.25) is 0 Å². The van der Waals surface area contributed by atoms with Gasteiger partial charge in [0.15, 0.2) is 0 Å². The van der Waals surface area contributed by atoms with Crippen LogP contribution in [0, 0.1) is 6.92 Å². The van der Waals surface area contributed by atoms with E-state index in [1.54, 1.807) is 6.07 Å². The van der Waals surface area contributed by atoms with Crippen LogP contribution in [0.4, 0.5) is 0 Å². The fourth-order valence-electron chi connectivity index (χ4n) is 1.82. The standard InChI is InChI=1S/C11H16ClN3O/c1-9-7-10(12)14-11(13-9)8-15-3-2-5-16-6-4-15/h7H,2-6,8H2,1H3. The van der Waals surface area contributed by atoms with Crippen molar-refractivity contribution in [3.8, 4) is 0 Å². The highest BCUT2D eigenvalue weighted by atomic mass is 35.5. The van der Waals surface area contributed by atoms with E-state index in [4.69, 9.17) is 16.3 Å². The number of halogens is 1. The first-order valence-electron chi connectivity index (χ1n) is 5.54. The Bertz CT molecular complexity index is 331. The molecule has 1 aromatic heterocycles. The van der Waals surface area contributed by atoms with Gasteiger partial charge in [0.1, 0.15) is 11.0 Å². The molecule has 1 aromatic rings. The molecule has 1 aliphatic heterocycles. The van der Waals surface area contributed by atoms with E-state index in [2.05, 4.69) is 14.9 Å². The number of hydrogen-bond donors (Lipinski definition) is 0. The molecule has 0 unspecified atom stereocenters. The SMILES string of the molecule is Cc1cc(Cl)nc(CN2CCCOCC2)n1. The number of ether oxygens (including phenoxy) is 1. The number of nitrogens with zero attached hydrogens (tertiary/aromatic N) is 3. The first-order chi connectivity index (χ1) is 7.74. The normalized spacial score (nSPS) is 18.4. The van der Waals surface area contributed by atoms with Crippen LogP contribution in [0.2, 0.25) is 5.15 Å². The zero-order chi connectivity index (χ0) is 11.4. The third-order valence-corrected chi connectivity index (χ3v) is 2.74. The molecule has 0 aliphatic carbocycles. The molecule has 0 spiro atoms. The summed E-state index contributed by atoms with van der Waals surface area (Å²) in [6.45, 7) is 6.31. The van der Waals surface area contributed by atoms with Crippen molar-refractivity contribution in [1.29, 1.82) is 0 Å². The van der Waals surface area contributed by atoms with E-state index in [1.165, 1.54) is 0 Å². The van der Waals surface area contributed by atoms with Crippen LogP contribution in [0.15, 0.2) is 6.07 Å². The molecule has 0 radical (unpaired) electrons. The fraction of sp³-hybridized carbons (Fsp3) is 0.636. The Morgan fingerprint density at radius 2 is 2.25 bits per heavy atom. The second-order valence-electron chi connectivity index (χ2n) is 3.99. The highest BCUT2D eigenvalue weighted by Crippen LogP contribution is 2.09. The third kappa shape index (κ3) is 3.40. The van der Waals surface area contributed by atoms with Gasteiger partial charge in [0.25, 0.3) is 0 Å². The van der Waals surface area contributed by atoms with Crippen LogP contribution < -0.4 is 0 Å². The Balaban J connectivity index is 2.01. The third-order valence-electron chi connectivity index (χ3n) is 2.55. The van der Waals surface area contributed by atoms with Crippen molar-refractivity contribution in [1.82, 2.24) is 14.9 Å². The number of rotatable bonds is 2. The number of hydrogen-bond acceptors (Lipinski definition) is 4. The molecule has 0 amide bonds. The van der Waals surface area contributed by atoms with Crippen molar-refractivity contribution in [2.45, 2.75) is 19.9 Å². The van der Waals surface area contributed by atoms with E-state index >= 15 is 0 Å². The molecule has 0 bridgehead atoms. The van der Waals surface area contributed by atoms with E-state index in [0.29, 0.717) is 5.15 Å². The molecule has 2 heterocycles. The van der Waals surface area contributed by atoms with E-state index < -0.39 is 0 Å². The average molecular weight is 242 g/mol. The van der Waals surface area contributed by atoms with Gasteiger partial charge in [0, 0.05) is 25.4 Å². The Morgan fingerprint density at radius 3 is 3.06 bits per heavy atom. The van der Waals surface area contributed by atoms with Crippen molar-refractivity contribution in [2.75, 3.05) is 26.3 Å². The molecule has 1 fully saturated rings. The van der Waals surface area contributed by atoms with E-state index in [1.807, 2.05) is 6.92 Å². The van der Waals surface area contributed by atoms with Crippen molar-refractivity contribution < 1.29 is 4.74 Å². The number of aryl methyl sites for hydroxylation is 1. The smallest absolute Gasteiger partial charge is 0.144 e. The summed E-state index contributed by atoms with van der Waals surface area (Å²) in [5, 5.41) is 0.522. The van der Waals surface area contributed by atoms with Gasteiger partial charge in [-0.15, -0.1) is 0 Å². The summed E-state index contributed by atoms with van der Waals surface area (Å²) < 4.78 is 5.40. The van der Waals surface area contributed by atoms with Crippen molar-refractivity contribution in [3.63, 3.8) is 0 Å². The fourth-order valence-corrected chi connectivity index (χ4v) is 2.07. The molecule has 16 heavy (non-hydrogen) atoms. The van der Waals surface area contributed by atoms with Crippen molar-refractivity contribution >= 4 is 11.6 Å². The molecule has 0 saturated carbocycles. The van der Waals surface area contributed by atoms with Crippen LogP contribution in [-0.2, 0) is 11.3 Å². The lowest BCUT2D eigenvalue weighted by Gasteiger charge is -2.17. The van der Waals surface area contributed by atoms with Crippen LogP contribution in [-0.4, -0.2) is 41.2 Å². The minimum atomic E-state index is 0.522. The maximum absolute atomic E-state index is 5.91. The average Bonchev–Trinajstić information content (AvgIpc) is 2.44. The molecule has 0 N–H and O–H groups in total. The Labute approximate surface area is 101 Å². The Morgan fingerprint density at radius 1 is 1.38 bits per heavy atom. The first kappa shape index (κ1) is 11.8. The minimum absolute atomic E-state index is 0.522. The molecular weight excluding hydrogens is 226 g/mol. The van der Waals surface area contributed by atoms with Gasteiger partial charge < -0.3 is 4.74 Å². The van der Waals surface area contributed by atoms with Crippen molar-refractivity contribution in [2.24, 2.45) is 0 Å². The molecule has 5 heteroatoms. The zero-order valence-corrected chi connectivity index (χ0v) is 10.2.